The maximum atomic E-state index is 12.6. The van der Waals surface area contributed by atoms with Crippen molar-refractivity contribution < 1.29 is 41.9 Å². The summed E-state index contributed by atoms with van der Waals surface area (Å²) in [5.74, 6) is 2.29. The molecule has 17 heteroatoms. The third-order valence-electron chi connectivity index (χ3n) is 11.8. The van der Waals surface area contributed by atoms with E-state index in [9.17, 15) is 21.6 Å². The Morgan fingerprint density at radius 1 is 0.764 bits per heavy atom. The second-order valence-corrected chi connectivity index (χ2v) is 22.0. The number of piperidine rings is 2. The molecule has 2 saturated carbocycles. The summed E-state index contributed by atoms with van der Waals surface area (Å²) >= 11 is 15.0. The van der Waals surface area contributed by atoms with Gasteiger partial charge < -0.3 is 11.2 Å². The molecule has 4 atom stereocenters. The molecule has 0 bridgehead atoms. The molecule has 2 aromatic heterocycles. The Kier molecular flexibility index (Phi) is 13.8. The number of rotatable bonds is 11. The van der Waals surface area contributed by atoms with Crippen LogP contribution in [-0.4, -0.2) is 95.1 Å². The van der Waals surface area contributed by atoms with Gasteiger partial charge >= 0.3 is 18.9 Å². The van der Waals surface area contributed by atoms with Crippen LogP contribution in [0.1, 0.15) is 37.5 Å². The summed E-state index contributed by atoms with van der Waals surface area (Å²) in [6, 6.07) is 19.4. The Hall–Kier alpha value is -1.52. The molecular weight excluding hydrogens is 826 g/mol. The molecule has 4 aliphatic rings. The molecule has 0 radical (unpaired) electrons. The summed E-state index contributed by atoms with van der Waals surface area (Å²) < 4.78 is 52.6. The van der Waals surface area contributed by atoms with E-state index in [4.69, 9.17) is 23.2 Å². The minimum Gasteiger partial charge on any atom is -1.00 e. The number of amides is 1. The first-order chi connectivity index (χ1) is 24.9. The average molecular weight is 874 g/mol. The second kappa shape index (κ2) is 17.0. The molecule has 8 rings (SSSR count). The second-order valence-electron chi connectivity index (χ2n) is 15.4. The molecule has 4 aromatic rings. The van der Waals surface area contributed by atoms with Crippen LogP contribution in [0.15, 0.2) is 71.4 Å². The first-order valence-electron chi connectivity index (χ1n) is 17.5. The number of halogens is 2. The molecule has 9 nitrogen and oxygen atoms in total. The summed E-state index contributed by atoms with van der Waals surface area (Å²) in [5.41, 5.74) is 6.06. The van der Waals surface area contributed by atoms with Gasteiger partial charge in [0, 0.05) is 54.9 Å². The van der Waals surface area contributed by atoms with E-state index in [1.165, 1.54) is 28.7 Å². The quantitative estimate of drug-likeness (QED) is 0.224. The van der Waals surface area contributed by atoms with Gasteiger partial charge in [-0.05, 0) is 99.5 Å². The molecule has 2 saturated heterocycles. The van der Waals surface area contributed by atoms with Crippen LogP contribution in [-0.2, 0) is 48.5 Å². The predicted molar refractivity (Wildman–Crippen MR) is 229 cm³/mol. The number of benzene rings is 2. The molecule has 4 heterocycles. The van der Waals surface area contributed by atoms with Crippen molar-refractivity contribution in [3.8, 4) is 0 Å². The average Bonchev–Trinajstić information content (AvgIpc) is 3.57. The van der Waals surface area contributed by atoms with E-state index >= 15 is 0 Å². The van der Waals surface area contributed by atoms with Crippen LogP contribution in [0.2, 0.25) is 8.67 Å². The number of carbonyl (C=O) groups excluding carboxylic acids is 1. The van der Waals surface area contributed by atoms with Crippen LogP contribution in [0.3, 0.4) is 0 Å². The van der Waals surface area contributed by atoms with Gasteiger partial charge in [-0.2, -0.15) is 0 Å². The van der Waals surface area contributed by atoms with Crippen LogP contribution in [0.25, 0.3) is 0 Å². The number of nitrogens with zero attached hydrogens (tertiary/aromatic N) is 2. The molecule has 2 aliphatic heterocycles. The summed E-state index contributed by atoms with van der Waals surface area (Å²) in [6.45, 7) is 9.33. The summed E-state index contributed by atoms with van der Waals surface area (Å²) in [6.07, 6.45) is 3.78. The standard InChI is InChI=1S/C19H21ClN2O3S2.C19H23ClN2O2S2.Al.Li.4H/c1-19(13-4-3-5-14(8-13)21-27(2,24)25)15-9-22(10-16(15)19)18(23)7-12-6-17(20)26-11-12;1-19(14-4-3-5-15(9-14)21-26(2,23)24)16-10-22(11-17(16)19)7-6-13-8-18(20)25-12-13;;;;;;/h3-6,8,11,15-16,21H,7,9-10H2,1-2H3;3-5,8-9,12,16-17,21H,6-7,10-11H2,1-2H3;;;;;;/q;;;+1;;;;-1. The third-order valence-corrected chi connectivity index (χ3v) is 15.3. The van der Waals surface area contributed by atoms with Crippen molar-refractivity contribution in [3.63, 3.8) is 0 Å². The fraction of sp³-hybridized carbons (Fsp3) is 0.447. The topological polar surface area (TPSA) is 116 Å². The Morgan fingerprint density at radius 2 is 1.20 bits per heavy atom. The molecule has 292 valence electrons. The monoisotopic (exact) mass is 872 g/mol. The van der Waals surface area contributed by atoms with Gasteiger partial charge in [-0.25, -0.2) is 16.8 Å². The fourth-order valence-electron chi connectivity index (χ4n) is 8.84. The van der Waals surface area contributed by atoms with Crippen molar-refractivity contribution in [2.75, 3.05) is 54.7 Å². The number of hydrogen-bond donors (Lipinski definition) is 2. The van der Waals surface area contributed by atoms with E-state index in [1.54, 1.807) is 17.4 Å². The number of thiophene rings is 2. The summed E-state index contributed by atoms with van der Waals surface area (Å²) in [5, 5.41) is 4.07. The SMILES string of the molecule is CC1(c2cccc(NS(C)(=O)=O)c2)C2CN(C(=O)Cc3csc(Cl)c3)CC21.CC1(c2cccc(NS(C)(=O)=O)c2)C2CN(CCc3csc(Cl)c3)CC21.[AlH3].[H-].[Li+]. The van der Waals surface area contributed by atoms with E-state index in [1.807, 2.05) is 52.7 Å². The molecule has 55 heavy (non-hydrogen) atoms. The molecule has 2 aliphatic carbocycles. The van der Waals surface area contributed by atoms with Gasteiger partial charge in [-0.15, -0.1) is 22.7 Å². The van der Waals surface area contributed by atoms with E-state index < -0.39 is 20.0 Å². The van der Waals surface area contributed by atoms with Crippen LogP contribution in [0.4, 0.5) is 11.4 Å². The number of nitrogens with one attached hydrogen (secondary N) is 2. The van der Waals surface area contributed by atoms with Crippen LogP contribution in [0, 0.1) is 23.7 Å². The van der Waals surface area contributed by atoms with Crippen molar-refractivity contribution in [2.24, 2.45) is 23.7 Å². The zero-order valence-electron chi connectivity index (χ0n) is 32.0. The van der Waals surface area contributed by atoms with E-state index in [2.05, 4.69) is 45.7 Å². The van der Waals surface area contributed by atoms with Crippen LogP contribution >= 0.6 is 45.9 Å². The Morgan fingerprint density at radius 3 is 1.62 bits per heavy atom. The molecule has 2 aromatic carbocycles. The van der Waals surface area contributed by atoms with E-state index in [-0.39, 0.29) is 54.4 Å². The van der Waals surface area contributed by atoms with Gasteiger partial charge in [-0.3, -0.25) is 14.2 Å². The number of hydrogen-bond acceptors (Lipinski definition) is 8. The van der Waals surface area contributed by atoms with Gasteiger partial charge in [0.1, 0.15) is 0 Å². The van der Waals surface area contributed by atoms with Crippen LogP contribution in [0.5, 0.6) is 0 Å². The minimum absolute atomic E-state index is 0. The largest absolute Gasteiger partial charge is 1.00 e. The van der Waals surface area contributed by atoms with Gasteiger partial charge in [0.25, 0.3) is 0 Å². The zero-order chi connectivity index (χ0) is 37.9. The van der Waals surface area contributed by atoms with E-state index in [0.29, 0.717) is 45.8 Å². The summed E-state index contributed by atoms with van der Waals surface area (Å²) in [4.78, 5) is 17.0. The predicted octanol–water partition coefficient (Wildman–Crippen LogP) is 3.13. The first-order valence-corrected chi connectivity index (χ1v) is 23.8. The fourth-order valence-corrected chi connectivity index (χ4v) is 11.8. The van der Waals surface area contributed by atoms with Crippen molar-refractivity contribution in [1.82, 2.24) is 9.80 Å². The maximum absolute atomic E-state index is 12.6. The molecule has 1 amide bonds. The zero-order valence-corrected chi connectivity index (χ0v) is 35.8. The normalized spacial score (nSPS) is 26.4. The maximum Gasteiger partial charge on any atom is 1.00 e. The van der Waals surface area contributed by atoms with Gasteiger partial charge in [0.2, 0.25) is 26.0 Å². The Bertz CT molecular complexity index is 2240. The van der Waals surface area contributed by atoms with E-state index in [0.717, 1.165) is 60.9 Å². The summed E-state index contributed by atoms with van der Waals surface area (Å²) in [7, 11) is -6.54. The van der Waals surface area contributed by atoms with Crippen LogP contribution < -0.4 is 28.3 Å². The number of sulfonamides is 2. The number of carbonyl (C=O) groups is 1. The molecular formula is C38H48AlCl2LiN4O5S4. The molecule has 2 N–H and O–H groups in total. The smallest absolute Gasteiger partial charge is 1.00 e. The number of likely N-dealkylation sites (tertiary alicyclic amines) is 2. The Balaban J connectivity index is 0.000000236. The van der Waals surface area contributed by atoms with Crippen molar-refractivity contribution in [3.05, 3.63) is 102 Å². The molecule has 4 unspecified atom stereocenters. The molecule has 0 spiro atoms. The molecule has 4 fully saturated rings. The number of fused-ring (bicyclic) bond motifs is 2. The third kappa shape index (κ3) is 10.0. The first kappa shape index (κ1) is 44.6. The van der Waals surface area contributed by atoms with Crippen molar-refractivity contribution >= 4 is 101 Å². The van der Waals surface area contributed by atoms with Gasteiger partial charge in [0.15, 0.2) is 17.4 Å². The number of anilines is 2. The van der Waals surface area contributed by atoms with Crippen molar-refractivity contribution in [1.29, 1.82) is 0 Å². The minimum atomic E-state index is -3.30. The van der Waals surface area contributed by atoms with Gasteiger partial charge in [-0.1, -0.05) is 61.3 Å². The van der Waals surface area contributed by atoms with Gasteiger partial charge in [0.05, 0.1) is 27.6 Å². The Labute approximate surface area is 367 Å². The van der Waals surface area contributed by atoms with Crippen molar-refractivity contribution in [2.45, 2.75) is 37.5 Å².